The molecule has 1 aromatic rings. The van der Waals surface area contributed by atoms with E-state index >= 15 is 0 Å². The van der Waals surface area contributed by atoms with Crippen LogP contribution in [0.3, 0.4) is 0 Å². The third-order valence-electron chi connectivity index (χ3n) is 2.77. The van der Waals surface area contributed by atoms with Crippen LogP contribution in [0.15, 0.2) is 24.5 Å². The summed E-state index contributed by atoms with van der Waals surface area (Å²) in [4.78, 5) is 4.05. The Bertz CT molecular complexity index is 276. The minimum absolute atomic E-state index is 0.160. The van der Waals surface area contributed by atoms with Crippen molar-refractivity contribution in [3.05, 3.63) is 30.1 Å². The SMILES string of the molecule is O[C@H]1CCC[C@@H]1NCc1cccnc1. The molecule has 1 heterocycles. The van der Waals surface area contributed by atoms with Gasteiger partial charge in [0.1, 0.15) is 0 Å². The lowest BCUT2D eigenvalue weighted by Crippen LogP contribution is -2.35. The molecule has 1 aromatic heterocycles. The number of aliphatic hydroxyl groups is 1. The second-order valence-electron chi connectivity index (χ2n) is 3.85. The van der Waals surface area contributed by atoms with Crippen molar-refractivity contribution in [2.75, 3.05) is 0 Å². The van der Waals surface area contributed by atoms with Gasteiger partial charge in [0.2, 0.25) is 0 Å². The Hall–Kier alpha value is -0.930. The van der Waals surface area contributed by atoms with Crippen molar-refractivity contribution in [1.82, 2.24) is 10.3 Å². The van der Waals surface area contributed by atoms with Crippen LogP contribution in [-0.4, -0.2) is 22.2 Å². The fourth-order valence-corrected chi connectivity index (χ4v) is 1.93. The smallest absolute Gasteiger partial charge is 0.0693 e. The van der Waals surface area contributed by atoms with E-state index in [4.69, 9.17) is 0 Å². The van der Waals surface area contributed by atoms with Gasteiger partial charge in [0.25, 0.3) is 0 Å². The lowest BCUT2D eigenvalue weighted by molar-refractivity contribution is 0.148. The van der Waals surface area contributed by atoms with Crippen LogP contribution in [0.2, 0.25) is 0 Å². The highest BCUT2D eigenvalue weighted by atomic mass is 16.3. The molecule has 3 heteroatoms. The molecule has 3 nitrogen and oxygen atoms in total. The molecule has 1 fully saturated rings. The average molecular weight is 192 g/mol. The Labute approximate surface area is 84.2 Å². The van der Waals surface area contributed by atoms with Gasteiger partial charge < -0.3 is 10.4 Å². The number of rotatable bonds is 3. The van der Waals surface area contributed by atoms with Crippen molar-refractivity contribution >= 4 is 0 Å². The second kappa shape index (κ2) is 4.53. The molecule has 0 unspecified atom stereocenters. The molecule has 1 aliphatic carbocycles. The summed E-state index contributed by atoms with van der Waals surface area (Å²) in [6.07, 6.45) is 6.62. The van der Waals surface area contributed by atoms with Gasteiger partial charge in [0, 0.05) is 25.0 Å². The number of nitrogens with zero attached hydrogens (tertiary/aromatic N) is 1. The fourth-order valence-electron chi connectivity index (χ4n) is 1.93. The third kappa shape index (κ3) is 2.30. The van der Waals surface area contributed by atoms with Gasteiger partial charge in [-0.3, -0.25) is 4.98 Å². The fraction of sp³-hybridized carbons (Fsp3) is 0.545. The summed E-state index contributed by atoms with van der Waals surface area (Å²) in [6, 6.07) is 4.25. The average Bonchev–Trinajstić information content (AvgIpc) is 2.63. The normalized spacial score (nSPS) is 26.6. The zero-order valence-corrected chi connectivity index (χ0v) is 8.19. The van der Waals surface area contributed by atoms with E-state index in [1.807, 2.05) is 18.3 Å². The van der Waals surface area contributed by atoms with E-state index in [2.05, 4.69) is 10.3 Å². The van der Waals surface area contributed by atoms with E-state index in [-0.39, 0.29) is 12.1 Å². The van der Waals surface area contributed by atoms with Crippen LogP contribution >= 0.6 is 0 Å². The van der Waals surface area contributed by atoms with Gasteiger partial charge >= 0.3 is 0 Å². The van der Waals surface area contributed by atoms with Gasteiger partial charge in [0.15, 0.2) is 0 Å². The summed E-state index contributed by atoms with van der Waals surface area (Å²) in [5, 5.41) is 12.9. The first kappa shape index (κ1) is 9.62. The zero-order valence-electron chi connectivity index (χ0n) is 8.19. The lowest BCUT2D eigenvalue weighted by atomic mass is 10.2. The molecule has 0 saturated heterocycles. The lowest BCUT2D eigenvalue weighted by Gasteiger charge is -2.15. The number of pyridine rings is 1. The molecule has 76 valence electrons. The van der Waals surface area contributed by atoms with Gasteiger partial charge in [0.05, 0.1) is 6.10 Å². The Kier molecular flexibility index (Phi) is 3.11. The van der Waals surface area contributed by atoms with E-state index in [9.17, 15) is 5.11 Å². The van der Waals surface area contributed by atoms with Crippen molar-refractivity contribution in [3.8, 4) is 0 Å². The predicted molar refractivity (Wildman–Crippen MR) is 54.7 cm³/mol. The van der Waals surface area contributed by atoms with Crippen LogP contribution in [0.4, 0.5) is 0 Å². The quantitative estimate of drug-likeness (QED) is 0.753. The van der Waals surface area contributed by atoms with Crippen LogP contribution in [0.5, 0.6) is 0 Å². The summed E-state index contributed by atoms with van der Waals surface area (Å²) in [7, 11) is 0. The van der Waals surface area contributed by atoms with E-state index in [1.165, 1.54) is 5.56 Å². The first-order valence-electron chi connectivity index (χ1n) is 5.16. The van der Waals surface area contributed by atoms with Gasteiger partial charge in [-0.15, -0.1) is 0 Å². The molecule has 0 bridgehead atoms. The first-order chi connectivity index (χ1) is 6.86. The Balaban J connectivity index is 1.82. The van der Waals surface area contributed by atoms with Gasteiger partial charge in [-0.05, 0) is 30.9 Å². The standard InChI is InChI=1S/C11H16N2O/c14-11-5-1-4-10(11)13-8-9-3-2-6-12-7-9/h2-3,6-7,10-11,13-14H,1,4-5,8H2/t10-,11-/m0/s1. The van der Waals surface area contributed by atoms with Crippen LogP contribution in [0.25, 0.3) is 0 Å². The molecule has 0 amide bonds. The Morgan fingerprint density at radius 1 is 1.50 bits per heavy atom. The highest BCUT2D eigenvalue weighted by Gasteiger charge is 2.24. The molecule has 2 N–H and O–H groups in total. The second-order valence-corrected chi connectivity index (χ2v) is 3.85. The number of nitrogens with one attached hydrogen (secondary N) is 1. The van der Waals surface area contributed by atoms with Crippen molar-refractivity contribution < 1.29 is 5.11 Å². The Morgan fingerprint density at radius 2 is 2.43 bits per heavy atom. The van der Waals surface area contributed by atoms with Crippen LogP contribution in [0, 0.1) is 0 Å². The van der Waals surface area contributed by atoms with Crippen LogP contribution in [-0.2, 0) is 6.54 Å². The molecule has 1 aliphatic rings. The highest BCUT2D eigenvalue weighted by molar-refractivity contribution is 5.08. The predicted octanol–water partition coefficient (Wildman–Crippen LogP) is 1.08. The molecule has 2 rings (SSSR count). The number of aliphatic hydroxyl groups excluding tert-OH is 1. The molecule has 0 aliphatic heterocycles. The zero-order chi connectivity index (χ0) is 9.80. The Morgan fingerprint density at radius 3 is 3.07 bits per heavy atom. The number of aromatic nitrogens is 1. The minimum Gasteiger partial charge on any atom is -0.392 e. The van der Waals surface area contributed by atoms with Crippen LogP contribution < -0.4 is 5.32 Å². The van der Waals surface area contributed by atoms with E-state index in [0.717, 1.165) is 25.8 Å². The minimum atomic E-state index is -0.160. The molecule has 0 spiro atoms. The van der Waals surface area contributed by atoms with E-state index in [1.54, 1.807) is 6.20 Å². The summed E-state index contributed by atoms with van der Waals surface area (Å²) >= 11 is 0. The van der Waals surface area contributed by atoms with Gasteiger partial charge in [-0.2, -0.15) is 0 Å². The summed E-state index contributed by atoms with van der Waals surface area (Å²) in [6.45, 7) is 0.801. The molecular formula is C11H16N2O. The van der Waals surface area contributed by atoms with Crippen LogP contribution in [0.1, 0.15) is 24.8 Å². The van der Waals surface area contributed by atoms with Crippen molar-refractivity contribution in [1.29, 1.82) is 0 Å². The van der Waals surface area contributed by atoms with E-state index in [0.29, 0.717) is 0 Å². The van der Waals surface area contributed by atoms with Crippen molar-refractivity contribution in [2.24, 2.45) is 0 Å². The summed E-state index contributed by atoms with van der Waals surface area (Å²) in [5.74, 6) is 0. The summed E-state index contributed by atoms with van der Waals surface area (Å²) in [5.41, 5.74) is 1.17. The molecule has 14 heavy (non-hydrogen) atoms. The highest BCUT2D eigenvalue weighted by Crippen LogP contribution is 2.18. The molecule has 0 radical (unpaired) electrons. The molecule has 2 atom stereocenters. The van der Waals surface area contributed by atoms with E-state index < -0.39 is 0 Å². The maximum absolute atomic E-state index is 9.59. The third-order valence-corrected chi connectivity index (χ3v) is 2.77. The first-order valence-corrected chi connectivity index (χ1v) is 5.16. The van der Waals surface area contributed by atoms with Crippen molar-refractivity contribution in [3.63, 3.8) is 0 Å². The van der Waals surface area contributed by atoms with Gasteiger partial charge in [-0.1, -0.05) is 6.07 Å². The number of hydrogen-bond donors (Lipinski definition) is 2. The maximum Gasteiger partial charge on any atom is 0.0693 e. The monoisotopic (exact) mass is 192 g/mol. The molecule has 0 aromatic carbocycles. The maximum atomic E-state index is 9.59. The summed E-state index contributed by atoms with van der Waals surface area (Å²) < 4.78 is 0. The molecular weight excluding hydrogens is 176 g/mol. The van der Waals surface area contributed by atoms with Gasteiger partial charge in [-0.25, -0.2) is 0 Å². The topological polar surface area (TPSA) is 45.1 Å². The number of hydrogen-bond acceptors (Lipinski definition) is 3. The van der Waals surface area contributed by atoms with Crippen molar-refractivity contribution in [2.45, 2.75) is 38.0 Å². The molecule has 1 saturated carbocycles. The largest absolute Gasteiger partial charge is 0.392 e.